The summed E-state index contributed by atoms with van der Waals surface area (Å²) >= 11 is 0. The molecule has 1 aliphatic rings. The molecule has 3 unspecified atom stereocenters. The number of aliphatic carboxylic acids is 1. The number of benzene rings is 1. The van der Waals surface area contributed by atoms with Gasteiger partial charge in [-0.2, -0.15) is 0 Å². The molecule has 0 radical (unpaired) electrons. The highest BCUT2D eigenvalue weighted by atomic mass is 16.4. The monoisotopic (exact) mass is 434 g/mol. The topological polar surface area (TPSA) is 162 Å². The molecule has 1 aromatic carbocycles. The summed E-state index contributed by atoms with van der Waals surface area (Å²) in [5.74, 6) is -2.79. The number of nitrogens with one attached hydrogen (secondary N) is 2. The Labute approximate surface area is 180 Å². The van der Waals surface area contributed by atoms with Gasteiger partial charge < -0.3 is 31.5 Å². The number of phenolic OH excluding ortho intramolecular Hbond substituents is 1. The van der Waals surface area contributed by atoms with Crippen molar-refractivity contribution in [3.05, 3.63) is 29.8 Å². The minimum Gasteiger partial charge on any atom is -0.508 e. The molecule has 1 fully saturated rings. The number of carbonyl (C=O) groups is 4. The van der Waals surface area contributed by atoms with Crippen molar-refractivity contribution >= 4 is 23.7 Å². The van der Waals surface area contributed by atoms with Crippen LogP contribution < -0.4 is 16.4 Å². The van der Waals surface area contributed by atoms with Crippen molar-refractivity contribution in [3.8, 4) is 5.75 Å². The second-order valence-corrected chi connectivity index (χ2v) is 8.01. The Balaban J connectivity index is 1.90. The number of phenols is 1. The van der Waals surface area contributed by atoms with E-state index in [1.54, 1.807) is 26.0 Å². The van der Waals surface area contributed by atoms with E-state index in [9.17, 15) is 24.3 Å². The maximum atomic E-state index is 12.8. The van der Waals surface area contributed by atoms with Crippen LogP contribution in [-0.2, 0) is 25.6 Å². The van der Waals surface area contributed by atoms with Crippen LogP contribution in [0.4, 0.5) is 0 Å². The Morgan fingerprint density at radius 3 is 2.42 bits per heavy atom. The first-order chi connectivity index (χ1) is 14.6. The molecule has 0 aromatic heterocycles. The molecule has 0 spiro atoms. The predicted molar refractivity (Wildman–Crippen MR) is 112 cm³/mol. The fraction of sp³-hybridized carbons (Fsp3) is 0.524. The van der Waals surface area contributed by atoms with Gasteiger partial charge in [0.1, 0.15) is 17.8 Å². The van der Waals surface area contributed by atoms with Crippen molar-refractivity contribution in [1.29, 1.82) is 0 Å². The summed E-state index contributed by atoms with van der Waals surface area (Å²) in [5.41, 5.74) is 6.84. The highest BCUT2D eigenvalue weighted by molar-refractivity contribution is 5.93. The molecule has 0 saturated carbocycles. The second-order valence-electron chi connectivity index (χ2n) is 8.01. The molecule has 10 heteroatoms. The van der Waals surface area contributed by atoms with Crippen molar-refractivity contribution in [2.75, 3.05) is 13.1 Å². The van der Waals surface area contributed by atoms with Gasteiger partial charge in [0, 0.05) is 6.54 Å². The third-order valence-electron chi connectivity index (χ3n) is 5.22. The molecule has 3 atom stereocenters. The molecule has 0 bridgehead atoms. The van der Waals surface area contributed by atoms with Crippen LogP contribution in [0.1, 0.15) is 32.3 Å². The van der Waals surface area contributed by atoms with Gasteiger partial charge in [-0.25, -0.2) is 4.79 Å². The van der Waals surface area contributed by atoms with Crippen LogP contribution in [0.25, 0.3) is 0 Å². The van der Waals surface area contributed by atoms with Gasteiger partial charge in [-0.1, -0.05) is 26.0 Å². The van der Waals surface area contributed by atoms with Crippen LogP contribution in [0.15, 0.2) is 24.3 Å². The van der Waals surface area contributed by atoms with Crippen LogP contribution in [0.3, 0.4) is 0 Å². The summed E-state index contributed by atoms with van der Waals surface area (Å²) in [4.78, 5) is 50.0. The van der Waals surface area contributed by atoms with Crippen LogP contribution in [0.2, 0.25) is 0 Å². The normalized spacial score (nSPS) is 17.8. The third-order valence-corrected chi connectivity index (χ3v) is 5.22. The van der Waals surface area contributed by atoms with E-state index in [1.807, 2.05) is 0 Å². The molecule has 0 aliphatic carbocycles. The van der Waals surface area contributed by atoms with Gasteiger partial charge in [-0.15, -0.1) is 0 Å². The van der Waals surface area contributed by atoms with E-state index in [2.05, 4.69) is 10.6 Å². The Bertz CT molecular complexity index is 811. The smallest absolute Gasteiger partial charge is 0.326 e. The summed E-state index contributed by atoms with van der Waals surface area (Å²) < 4.78 is 0. The molecule has 1 aromatic rings. The van der Waals surface area contributed by atoms with E-state index in [0.717, 1.165) is 5.56 Å². The lowest BCUT2D eigenvalue weighted by molar-refractivity contribution is -0.143. The number of nitrogens with zero attached hydrogens (tertiary/aromatic N) is 1. The summed E-state index contributed by atoms with van der Waals surface area (Å²) in [6.07, 6.45) is 1.35. The number of hydrogen-bond donors (Lipinski definition) is 5. The number of nitrogens with two attached hydrogens (primary N) is 1. The van der Waals surface area contributed by atoms with Gasteiger partial charge in [-0.3, -0.25) is 14.4 Å². The number of amides is 3. The first kappa shape index (κ1) is 24.1. The lowest BCUT2D eigenvalue weighted by atomic mass is 10.0. The lowest BCUT2D eigenvalue weighted by Crippen LogP contribution is -2.53. The molecule has 31 heavy (non-hydrogen) atoms. The Hall–Kier alpha value is -3.14. The van der Waals surface area contributed by atoms with E-state index in [0.29, 0.717) is 19.4 Å². The SMILES string of the molecule is CC(C)C(NC(=O)CNC(=O)C1CCCN1C(=O)C(N)Cc1ccc(O)cc1)C(=O)O. The number of carbonyl (C=O) groups excluding carboxylic acids is 3. The fourth-order valence-corrected chi connectivity index (χ4v) is 3.51. The molecule has 1 saturated heterocycles. The maximum absolute atomic E-state index is 12.8. The first-order valence-corrected chi connectivity index (χ1v) is 10.2. The summed E-state index contributed by atoms with van der Waals surface area (Å²) in [7, 11) is 0. The summed E-state index contributed by atoms with van der Waals surface area (Å²) in [6, 6.07) is 3.76. The Morgan fingerprint density at radius 1 is 1.19 bits per heavy atom. The van der Waals surface area contributed by atoms with E-state index in [-0.39, 0.29) is 30.5 Å². The highest BCUT2D eigenvalue weighted by Crippen LogP contribution is 2.19. The zero-order valence-corrected chi connectivity index (χ0v) is 17.7. The minimum atomic E-state index is -1.15. The molecule has 1 aliphatic heterocycles. The largest absolute Gasteiger partial charge is 0.508 e. The number of carboxylic acid groups (broad SMARTS) is 1. The molecule has 2 rings (SSSR count). The average molecular weight is 434 g/mol. The first-order valence-electron chi connectivity index (χ1n) is 10.2. The number of rotatable bonds is 9. The van der Waals surface area contributed by atoms with Gasteiger partial charge in [0.2, 0.25) is 17.7 Å². The Kier molecular flexibility index (Phi) is 8.38. The number of likely N-dealkylation sites (tertiary alicyclic amines) is 1. The lowest BCUT2D eigenvalue weighted by Gasteiger charge is -2.27. The molecule has 6 N–H and O–H groups in total. The number of carboxylic acids is 1. The van der Waals surface area contributed by atoms with Crippen LogP contribution in [-0.4, -0.2) is 70.0 Å². The van der Waals surface area contributed by atoms with Crippen LogP contribution in [0.5, 0.6) is 5.75 Å². The van der Waals surface area contributed by atoms with Crippen molar-refractivity contribution < 1.29 is 29.4 Å². The highest BCUT2D eigenvalue weighted by Gasteiger charge is 2.36. The van der Waals surface area contributed by atoms with Gasteiger partial charge in [0.05, 0.1) is 12.6 Å². The van der Waals surface area contributed by atoms with E-state index < -0.39 is 35.9 Å². The number of hydrogen-bond acceptors (Lipinski definition) is 6. The van der Waals surface area contributed by atoms with Crippen molar-refractivity contribution in [2.45, 2.75) is 51.2 Å². The van der Waals surface area contributed by atoms with E-state index in [4.69, 9.17) is 10.8 Å². The van der Waals surface area contributed by atoms with Gasteiger partial charge in [0.25, 0.3) is 0 Å². The van der Waals surface area contributed by atoms with Crippen molar-refractivity contribution in [3.63, 3.8) is 0 Å². The molecule has 170 valence electrons. The predicted octanol–water partition coefficient (Wildman–Crippen LogP) is -0.405. The minimum absolute atomic E-state index is 0.118. The van der Waals surface area contributed by atoms with Gasteiger partial charge in [0.15, 0.2) is 0 Å². The molecule has 3 amide bonds. The Morgan fingerprint density at radius 2 is 1.84 bits per heavy atom. The van der Waals surface area contributed by atoms with E-state index in [1.165, 1.54) is 17.0 Å². The standard InChI is InChI=1S/C21H30N4O6/c1-12(2)18(21(30)31)24-17(27)11-23-19(28)16-4-3-9-25(16)20(29)15(22)10-13-5-7-14(26)8-6-13/h5-8,12,15-16,18,26H,3-4,9-11,22H2,1-2H3,(H,23,28)(H,24,27)(H,30,31). The second kappa shape index (κ2) is 10.8. The molecule has 1 heterocycles. The third kappa shape index (κ3) is 6.68. The van der Waals surface area contributed by atoms with E-state index >= 15 is 0 Å². The van der Waals surface area contributed by atoms with Crippen molar-refractivity contribution in [1.82, 2.24) is 15.5 Å². The molecule has 10 nitrogen and oxygen atoms in total. The molecular weight excluding hydrogens is 404 g/mol. The van der Waals surface area contributed by atoms with Crippen LogP contribution >= 0.6 is 0 Å². The molecular formula is C21H30N4O6. The summed E-state index contributed by atoms with van der Waals surface area (Å²) in [6.45, 7) is 3.34. The fourth-order valence-electron chi connectivity index (χ4n) is 3.51. The average Bonchev–Trinajstić information content (AvgIpc) is 3.20. The maximum Gasteiger partial charge on any atom is 0.326 e. The van der Waals surface area contributed by atoms with Crippen LogP contribution in [0, 0.1) is 5.92 Å². The summed E-state index contributed by atoms with van der Waals surface area (Å²) in [5, 5.41) is 23.3. The zero-order chi connectivity index (χ0) is 23.1. The number of aromatic hydroxyl groups is 1. The van der Waals surface area contributed by atoms with Gasteiger partial charge in [-0.05, 0) is 42.9 Å². The quantitative estimate of drug-likeness (QED) is 0.353. The van der Waals surface area contributed by atoms with Gasteiger partial charge >= 0.3 is 5.97 Å². The van der Waals surface area contributed by atoms with Crippen molar-refractivity contribution in [2.24, 2.45) is 11.7 Å². The zero-order valence-electron chi connectivity index (χ0n) is 17.7.